The zero-order chi connectivity index (χ0) is 14.2. The van der Waals surface area contributed by atoms with E-state index in [1.54, 1.807) is 11.8 Å². The van der Waals surface area contributed by atoms with Crippen molar-refractivity contribution in [3.05, 3.63) is 11.3 Å². The van der Waals surface area contributed by atoms with Gasteiger partial charge in [0, 0.05) is 16.8 Å². The maximum Gasteiger partial charge on any atom is 0.352 e. The van der Waals surface area contributed by atoms with E-state index in [-0.39, 0.29) is 34.0 Å². The van der Waals surface area contributed by atoms with Crippen LogP contribution in [0.2, 0.25) is 0 Å². The van der Waals surface area contributed by atoms with Crippen LogP contribution in [0.1, 0.15) is 20.3 Å². The summed E-state index contributed by atoms with van der Waals surface area (Å²) in [5, 5.41) is 9.87. The van der Waals surface area contributed by atoms with Gasteiger partial charge in [-0.05, 0) is 25.8 Å². The molecule has 1 fully saturated rings. The normalized spacial score (nSPS) is 24.6. The van der Waals surface area contributed by atoms with Gasteiger partial charge in [0.2, 0.25) is 0 Å². The SMILES string of the molecule is Br.CC(C)=N[C@@H]1C(=O)N2C(C(=O)O)=C(CCBr)CS[C@@H]12. The van der Waals surface area contributed by atoms with Gasteiger partial charge in [0.15, 0.2) is 6.04 Å². The van der Waals surface area contributed by atoms with E-state index in [1.165, 1.54) is 4.90 Å². The smallest absolute Gasteiger partial charge is 0.352 e. The van der Waals surface area contributed by atoms with Crippen LogP contribution in [-0.4, -0.2) is 50.1 Å². The molecule has 0 bridgehead atoms. The number of carboxylic acid groups (broad SMARTS) is 1. The van der Waals surface area contributed by atoms with Gasteiger partial charge >= 0.3 is 5.97 Å². The topological polar surface area (TPSA) is 70.0 Å². The van der Waals surface area contributed by atoms with Crippen LogP contribution < -0.4 is 0 Å². The molecule has 0 aliphatic carbocycles. The highest BCUT2D eigenvalue weighted by molar-refractivity contribution is 9.09. The highest BCUT2D eigenvalue weighted by atomic mass is 79.9. The fourth-order valence-electron chi connectivity index (χ4n) is 2.23. The molecule has 8 heteroatoms. The molecule has 1 amide bonds. The number of carboxylic acids is 1. The standard InChI is InChI=1S/C12H15BrN2O3S.BrH/c1-6(2)14-8-10(16)15-9(12(17)18)7(3-4-13)5-19-11(8)15;/h8,11H,3-5H2,1-2H3,(H,17,18);1H/t8-,11+;/m1./s1. The molecule has 0 spiro atoms. The van der Waals surface area contributed by atoms with Gasteiger partial charge in [0.1, 0.15) is 11.1 Å². The maximum absolute atomic E-state index is 12.1. The molecule has 1 N–H and O–H groups in total. The third kappa shape index (κ3) is 3.12. The second-order valence-electron chi connectivity index (χ2n) is 4.63. The van der Waals surface area contributed by atoms with Crippen molar-refractivity contribution in [1.82, 2.24) is 4.90 Å². The molecule has 0 aromatic carbocycles. The third-order valence-electron chi connectivity index (χ3n) is 3.02. The number of aliphatic carboxylic acids is 1. The minimum Gasteiger partial charge on any atom is -0.477 e. The molecule has 0 saturated carbocycles. The second kappa shape index (κ2) is 7.09. The lowest BCUT2D eigenvalue weighted by atomic mass is 10.0. The Labute approximate surface area is 140 Å². The summed E-state index contributed by atoms with van der Waals surface area (Å²) in [5.41, 5.74) is 1.81. The van der Waals surface area contributed by atoms with Gasteiger partial charge in [-0.25, -0.2) is 4.79 Å². The molecule has 20 heavy (non-hydrogen) atoms. The molecule has 0 aromatic heterocycles. The van der Waals surface area contributed by atoms with Crippen molar-refractivity contribution < 1.29 is 14.7 Å². The molecule has 2 atom stereocenters. The molecule has 0 radical (unpaired) electrons. The molecule has 2 heterocycles. The Kier molecular flexibility index (Phi) is 6.27. The molecule has 112 valence electrons. The van der Waals surface area contributed by atoms with Crippen LogP contribution in [0.15, 0.2) is 16.3 Å². The van der Waals surface area contributed by atoms with Gasteiger partial charge in [-0.2, -0.15) is 0 Å². The first-order chi connectivity index (χ1) is 8.97. The predicted molar refractivity (Wildman–Crippen MR) is 89.1 cm³/mol. The van der Waals surface area contributed by atoms with Crippen molar-refractivity contribution >= 4 is 62.3 Å². The van der Waals surface area contributed by atoms with E-state index in [2.05, 4.69) is 20.9 Å². The average molecular weight is 428 g/mol. The zero-order valence-corrected chi connectivity index (χ0v) is 15.2. The van der Waals surface area contributed by atoms with E-state index in [9.17, 15) is 14.7 Å². The molecule has 2 rings (SSSR count). The number of fused-ring (bicyclic) bond motifs is 1. The Morgan fingerprint density at radius 1 is 1.55 bits per heavy atom. The van der Waals surface area contributed by atoms with Crippen LogP contribution in [0.25, 0.3) is 0 Å². The van der Waals surface area contributed by atoms with E-state index in [0.717, 1.165) is 11.3 Å². The minimum atomic E-state index is -1.02. The van der Waals surface area contributed by atoms with Gasteiger partial charge in [-0.15, -0.1) is 28.7 Å². The minimum absolute atomic E-state index is 0. The molecule has 5 nitrogen and oxygen atoms in total. The number of aliphatic imine (C=N–C) groups is 1. The van der Waals surface area contributed by atoms with Crippen molar-refractivity contribution in [3.8, 4) is 0 Å². The number of carbonyl (C=O) groups excluding carboxylic acids is 1. The summed E-state index contributed by atoms with van der Waals surface area (Å²) in [7, 11) is 0. The number of alkyl halides is 1. The molecule has 0 unspecified atom stereocenters. The summed E-state index contributed by atoms with van der Waals surface area (Å²) in [6.07, 6.45) is 0.645. The van der Waals surface area contributed by atoms with Gasteiger partial charge in [0.05, 0.1) is 0 Å². The number of rotatable bonds is 4. The Bertz CT molecular complexity index is 489. The first-order valence-corrected chi connectivity index (χ1v) is 8.11. The lowest BCUT2D eigenvalue weighted by Gasteiger charge is -2.48. The first-order valence-electron chi connectivity index (χ1n) is 5.94. The summed E-state index contributed by atoms with van der Waals surface area (Å²) >= 11 is 4.90. The van der Waals surface area contributed by atoms with Gasteiger partial charge < -0.3 is 5.11 Å². The van der Waals surface area contributed by atoms with Crippen LogP contribution in [0, 0.1) is 0 Å². The average Bonchev–Trinajstić information content (AvgIpc) is 2.35. The predicted octanol–water partition coefficient (Wildman–Crippen LogP) is 2.45. The summed E-state index contributed by atoms with van der Waals surface area (Å²) in [6.45, 7) is 3.68. The van der Waals surface area contributed by atoms with Crippen molar-refractivity contribution in [1.29, 1.82) is 0 Å². The van der Waals surface area contributed by atoms with Crippen molar-refractivity contribution in [2.45, 2.75) is 31.7 Å². The number of amides is 1. The zero-order valence-electron chi connectivity index (χ0n) is 11.1. The van der Waals surface area contributed by atoms with Crippen LogP contribution in [0.5, 0.6) is 0 Å². The Morgan fingerprint density at radius 2 is 2.20 bits per heavy atom. The number of carbonyl (C=O) groups is 2. The van der Waals surface area contributed by atoms with E-state index < -0.39 is 12.0 Å². The number of hydrogen-bond donors (Lipinski definition) is 1. The van der Waals surface area contributed by atoms with Gasteiger partial charge in [-0.3, -0.25) is 14.7 Å². The Hall–Kier alpha value is -0.340. The number of β-lactam (4-membered cyclic amide) rings is 1. The molecular weight excluding hydrogens is 412 g/mol. The second-order valence-corrected chi connectivity index (χ2v) is 6.53. The van der Waals surface area contributed by atoms with Crippen LogP contribution in [-0.2, 0) is 9.59 Å². The van der Waals surface area contributed by atoms with Crippen LogP contribution in [0.3, 0.4) is 0 Å². The number of nitrogens with zero attached hydrogens (tertiary/aromatic N) is 2. The first kappa shape index (κ1) is 17.7. The Morgan fingerprint density at radius 3 is 2.70 bits per heavy atom. The quantitative estimate of drug-likeness (QED) is 0.425. The number of halogens is 2. The molecule has 0 aromatic rings. The largest absolute Gasteiger partial charge is 0.477 e. The third-order valence-corrected chi connectivity index (χ3v) is 4.74. The summed E-state index contributed by atoms with van der Waals surface area (Å²) in [4.78, 5) is 29.2. The van der Waals surface area contributed by atoms with Crippen LogP contribution >= 0.6 is 44.7 Å². The number of hydrogen-bond acceptors (Lipinski definition) is 4. The lowest BCUT2D eigenvalue weighted by Crippen LogP contribution is -2.64. The summed E-state index contributed by atoms with van der Waals surface area (Å²) in [6, 6.07) is -0.421. The highest BCUT2D eigenvalue weighted by Gasteiger charge is 2.53. The van der Waals surface area contributed by atoms with E-state index >= 15 is 0 Å². The van der Waals surface area contributed by atoms with E-state index in [4.69, 9.17) is 0 Å². The highest BCUT2D eigenvalue weighted by Crippen LogP contribution is 2.42. The van der Waals surface area contributed by atoms with Crippen molar-refractivity contribution in [2.24, 2.45) is 4.99 Å². The summed E-state index contributed by atoms with van der Waals surface area (Å²) in [5.74, 6) is -0.579. The van der Waals surface area contributed by atoms with Gasteiger partial charge in [0.25, 0.3) is 5.91 Å². The fraction of sp³-hybridized carbons (Fsp3) is 0.583. The molecule has 2 aliphatic heterocycles. The molecule has 1 saturated heterocycles. The van der Waals surface area contributed by atoms with Gasteiger partial charge in [-0.1, -0.05) is 15.9 Å². The summed E-state index contributed by atoms with van der Waals surface area (Å²) < 4.78 is 0. The Balaban J connectivity index is 0.00000200. The van der Waals surface area contributed by atoms with Crippen molar-refractivity contribution in [2.75, 3.05) is 11.1 Å². The fourth-order valence-corrected chi connectivity index (χ4v) is 4.08. The number of thioether (sulfide) groups is 1. The van der Waals surface area contributed by atoms with E-state index in [1.807, 2.05) is 13.8 Å². The van der Waals surface area contributed by atoms with Crippen LogP contribution in [0.4, 0.5) is 0 Å². The lowest BCUT2D eigenvalue weighted by molar-refractivity contribution is -0.147. The monoisotopic (exact) mass is 426 g/mol. The molecular formula is C12H16Br2N2O3S. The molecule has 2 aliphatic rings. The maximum atomic E-state index is 12.1. The van der Waals surface area contributed by atoms with E-state index in [0.29, 0.717) is 17.5 Å². The van der Waals surface area contributed by atoms with Crippen molar-refractivity contribution in [3.63, 3.8) is 0 Å².